The van der Waals surface area contributed by atoms with Gasteiger partial charge in [-0.1, -0.05) is 51.1 Å². The highest BCUT2D eigenvalue weighted by atomic mass is 16.4. The molecule has 24 heavy (non-hydrogen) atoms. The van der Waals surface area contributed by atoms with Crippen molar-refractivity contribution >= 4 is 6.09 Å². The first-order chi connectivity index (χ1) is 11.2. The third-order valence-corrected chi connectivity index (χ3v) is 6.52. The lowest BCUT2D eigenvalue weighted by Gasteiger charge is -2.66. The average Bonchev–Trinajstić information content (AvgIpc) is 2.53. The molecule has 0 radical (unpaired) electrons. The predicted molar refractivity (Wildman–Crippen MR) is 96.1 cm³/mol. The quantitative estimate of drug-likeness (QED) is 0.878. The van der Waals surface area contributed by atoms with E-state index in [1.54, 1.807) is 0 Å². The Labute approximate surface area is 145 Å². The molecule has 132 valence electrons. The summed E-state index contributed by atoms with van der Waals surface area (Å²) in [7, 11) is 2.18. The maximum absolute atomic E-state index is 11.9. The molecule has 2 heterocycles. The van der Waals surface area contributed by atoms with Gasteiger partial charge >= 0.3 is 6.09 Å². The van der Waals surface area contributed by atoms with Crippen LogP contribution < -0.4 is 5.32 Å². The van der Waals surface area contributed by atoms with Crippen LogP contribution >= 0.6 is 0 Å². The van der Waals surface area contributed by atoms with Gasteiger partial charge in [-0.3, -0.25) is 4.90 Å². The summed E-state index contributed by atoms with van der Waals surface area (Å²) in [5.41, 5.74) is -0.00914. The van der Waals surface area contributed by atoms with E-state index in [2.05, 4.69) is 50.2 Å². The van der Waals surface area contributed by atoms with Crippen LogP contribution in [-0.4, -0.2) is 35.2 Å². The molecule has 1 atom stereocenters. The lowest BCUT2D eigenvalue weighted by atomic mass is 9.51. The summed E-state index contributed by atoms with van der Waals surface area (Å²) in [6, 6.07) is 10.2. The van der Waals surface area contributed by atoms with Crippen LogP contribution in [0.15, 0.2) is 30.3 Å². The molecule has 0 spiro atoms. The van der Waals surface area contributed by atoms with E-state index in [0.29, 0.717) is 0 Å². The van der Waals surface area contributed by atoms with Crippen molar-refractivity contribution in [1.82, 2.24) is 10.2 Å². The van der Waals surface area contributed by atoms with E-state index in [1.165, 1.54) is 12.8 Å². The standard InChI is InChI=1S/C20H30N2O2/c1-18(2,3)20(21-17(23)24,16-8-6-5-7-9-16)19-12-10-15(11-13-19)14-22(19)4/h5-9,15,21H,10-14H2,1-4H3,(H,23,24). The molecule has 4 heteroatoms. The van der Waals surface area contributed by atoms with Gasteiger partial charge in [-0.25, -0.2) is 4.79 Å². The van der Waals surface area contributed by atoms with Crippen LogP contribution in [0.2, 0.25) is 0 Å². The lowest BCUT2D eigenvalue weighted by Crippen LogP contribution is -2.76. The van der Waals surface area contributed by atoms with Crippen molar-refractivity contribution in [3.05, 3.63) is 35.9 Å². The van der Waals surface area contributed by atoms with Gasteiger partial charge in [0, 0.05) is 12.1 Å². The largest absolute Gasteiger partial charge is 0.465 e. The Kier molecular flexibility index (Phi) is 4.15. The van der Waals surface area contributed by atoms with E-state index in [4.69, 9.17) is 0 Å². The molecule has 1 aliphatic carbocycles. The zero-order chi connectivity index (χ0) is 17.6. The maximum atomic E-state index is 11.9. The van der Waals surface area contributed by atoms with Crippen LogP contribution in [0.5, 0.6) is 0 Å². The Bertz CT molecular complexity index is 600. The molecule has 4 rings (SSSR count). The summed E-state index contributed by atoms with van der Waals surface area (Å²) in [6.45, 7) is 7.56. The number of hydrogen-bond donors (Lipinski definition) is 2. The minimum atomic E-state index is -0.941. The molecule has 1 unspecified atom stereocenters. The van der Waals surface area contributed by atoms with Gasteiger partial charge < -0.3 is 10.4 Å². The third-order valence-electron chi connectivity index (χ3n) is 6.52. The molecule has 1 saturated carbocycles. The monoisotopic (exact) mass is 330 g/mol. The van der Waals surface area contributed by atoms with Gasteiger partial charge in [0.05, 0.1) is 5.54 Å². The summed E-state index contributed by atoms with van der Waals surface area (Å²) in [5, 5.41) is 12.8. The molecule has 3 fully saturated rings. The number of hydrogen-bond acceptors (Lipinski definition) is 2. The summed E-state index contributed by atoms with van der Waals surface area (Å²) in [6.07, 6.45) is 3.53. The van der Waals surface area contributed by atoms with Crippen molar-refractivity contribution in [3.8, 4) is 0 Å². The molecule has 2 N–H and O–H groups in total. The second-order valence-electron chi connectivity index (χ2n) is 8.65. The lowest BCUT2D eigenvalue weighted by molar-refractivity contribution is -0.119. The zero-order valence-electron chi connectivity index (χ0n) is 15.3. The van der Waals surface area contributed by atoms with Crippen molar-refractivity contribution in [1.29, 1.82) is 0 Å². The molecule has 0 aromatic heterocycles. The van der Waals surface area contributed by atoms with Gasteiger partial charge in [-0.15, -0.1) is 0 Å². The van der Waals surface area contributed by atoms with Crippen LogP contribution in [-0.2, 0) is 5.54 Å². The summed E-state index contributed by atoms with van der Waals surface area (Å²) < 4.78 is 0. The zero-order valence-corrected chi connectivity index (χ0v) is 15.3. The SMILES string of the molecule is CN1CC2CCC1(C(NC(=O)O)(c1ccccc1)C(C)(C)C)CC2. The van der Waals surface area contributed by atoms with Gasteiger partial charge in [0.2, 0.25) is 0 Å². The van der Waals surface area contributed by atoms with Crippen LogP contribution in [0.1, 0.15) is 52.0 Å². The summed E-state index contributed by atoms with van der Waals surface area (Å²) in [4.78, 5) is 14.4. The van der Waals surface area contributed by atoms with Crippen LogP contribution in [0.25, 0.3) is 0 Å². The second-order valence-corrected chi connectivity index (χ2v) is 8.65. The Morgan fingerprint density at radius 3 is 2.25 bits per heavy atom. The van der Waals surface area contributed by atoms with Gasteiger partial charge in [0.1, 0.15) is 0 Å². The Hall–Kier alpha value is -1.55. The smallest absolute Gasteiger partial charge is 0.405 e. The molecule has 1 aromatic carbocycles. The van der Waals surface area contributed by atoms with Crippen LogP contribution in [0, 0.1) is 11.3 Å². The maximum Gasteiger partial charge on any atom is 0.405 e. The number of nitrogens with one attached hydrogen (secondary N) is 1. The Morgan fingerprint density at radius 1 is 1.21 bits per heavy atom. The number of nitrogens with zero attached hydrogens (tertiary/aromatic N) is 1. The van der Waals surface area contributed by atoms with E-state index < -0.39 is 11.6 Å². The minimum Gasteiger partial charge on any atom is -0.465 e. The molecule has 4 nitrogen and oxygen atoms in total. The molecule has 2 bridgehead atoms. The molecule has 1 aromatic rings. The number of carboxylic acid groups (broad SMARTS) is 1. The van der Waals surface area contributed by atoms with Crippen LogP contribution in [0.3, 0.4) is 0 Å². The number of carbonyl (C=O) groups is 1. The van der Waals surface area contributed by atoms with E-state index in [-0.39, 0.29) is 11.0 Å². The van der Waals surface area contributed by atoms with Gasteiger partial charge in [0.25, 0.3) is 0 Å². The topological polar surface area (TPSA) is 52.6 Å². The number of amides is 1. The summed E-state index contributed by atoms with van der Waals surface area (Å²) in [5.74, 6) is 0.759. The van der Waals surface area contributed by atoms with Gasteiger partial charge in [-0.05, 0) is 49.6 Å². The number of piperidine rings is 2. The highest BCUT2D eigenvalue weighted by molar-refractivity contribution is 5.67. The van der Waals surface area contributed by atoms with E-state index in [9.17, 15) is 9.90 Å². The van der Waals surface area contributed by atoms with Gasteiger partial charge in [0.15, 0.2) is 0 Å². The van der Waals surface area contributed by atoms with Gasteiger partial charge in [-0.2, -0.15) is 0 Å². The van der Waals surface area contributed by atoms with Crippen molar-refractivity contribution in [2.45, 2.75) is 57.5 Å². The van der Waals surface area contributed by atoms with E-state index >= 15 is 0 Å². The predicted octanol–water partition coefficient (Wildman–Crippen LogP) is 4.07. The Morgan fingerprint density at radius 2 is 1.79 bits per heavy atom. The van der Waals surface area contributed by atoms with Crippen molar-refractivity contribution in [3.63, 3.8) is 0 Å². The first kappa shape index (κ1) is 17.3. The Balaban J connectivity index is 2.26. The average molecular weight is 330 g/mol. The van der Waals surface area contributed by atoms with Crippen molar-refractivity contribution in [2.75, 3.05) is 13.6 Å². The second kappa shape index (κ2) is 5.76. The normalized spacial score (nSPS) is 29.9. The minimum absolute atomic E-state index is 0.181. The molecular weight excluding hydrogens is 300 g/mol. The van der Waals surface area contributed by atoms with Crippen molar-refractivity contribution < 1.29 is 9.90 Å². The molecular formula is C20H30N2O2. The number of fused-ring (bicyclic) bond motifs is 3. The highest BCUT2D eigenvalue weighted by Gasteiger charge is 2.63. The highest BCUT2D eigenvalue weighted by Crippen LogP contribution is 2.58. The third kappa shape index (κ3) is 2.34. The number of benzene rings is 1. The number of likely N-dealkylation sites (N-methyl/N-ethyl adjacent to an activating group) is 1. The van der Waals surface area contributed by atoms with E-state index in [1.807, 2.05) is 18.2 Å². The molecule has 2 saturated heterocycles. The first-order valence-corrected chi connectivity index (χ1v) is 9.01. The van der Waals surface area contributed by atoms with E-state index in [0.717, 1.165) is 30.9 Å². The fraction of sp³-hybridized carbons (Fsp3) is 0.650. The molecule has 3 aliphatic rings. The molecule has 2 aliphatic heterocycles. The molecule has 1 amide bonds. The fourth-order valence-corrected chi connectivity index (χ4v) is 5.57. The van der Waals surface area contributed by atoms with Crippen molar-refractivity contribution in [2.24, 2.45) is 11.3 Å². The van der Waals surface area contributed by atoms with Crippen LogP contribution in [0.4, 0.5) is 4.79 Å². The fourth-order valence-electron chi connectivity index (χ4n) is 5.57. The summed E-state index contributed by atoms with van der Waals surface area (Å²) >= 11 is 0. The number of rotatable bonds is 3. The first-order valence-electron chi connectivity index (χ1n) is 9.01.